The van der Waals surface area contributed by atoms with E-state index in [4.69, 9.17) is 0 Å². The second kappa shape index (κ2) is 8.91. The molecule has 0 saturated heterocycles. The minimum absolute atomic E-state index is 0.421. The fraction of sp³-hybridized carbons (Fsp3) is 0.294. The second-order valence-corrected chi connectivity index (χ2v) is 10.6. The van der Waals surface area contributed by atoms with Crippen LogP contribution in [-0.4, -0.2) is 0 Å². The van der Waals surface area contributed by atoms with Gasteiger partial charge in [0.25, 0.3) is 0 Å². The molecule has 4 aliphatic carbocycles. The molecule has 1 fully saturated rings. The molecule has 0 aliphatic heterocycles. The van der Waals surface area contributed by atoms with Crippen molar-refractivity contribution in [3.8, 4) is 0 Å². The summed E-state index contributed by atoms with van der Waals surface area (Å²) in [6, 6.07) is 18.7. The van der Waals surface area contributed by atoms with Gasteiger partial charge >= 0.3 is 0 Å². The van der Waals surface area contributed by atoms with Crippen LogP contribution in [0.2, 0.25) is 0 Å². The van der Waals surface area contributed by atoms with Gasteiger partial charge in [0.2, 0.25) is 0 Å². The van der Waals surface area contributed by atoms with Crippen LogP contribution in [0.4, 0.5) is 0 Å². The minimum atomic E-state index is 0.421. The molecule has 0 heterocycles. The summed E-state index contributed by atoms with van der Waals surface area (Å²) in [5.41, 5.74) is 12.0. The fourth-order valence-corrected chi connectivity index (χ4v) is 5.88. The van der Waals surface area contributed by atoms with Crippen LogP contribution in [0.25, 0.3) is 0 Å². The number of aryl methyl sites for hydroxylation is 2. The largest absolute Gasteiger partial charge is 0.0836 e. The Hall–Kier alpha value is -3.12. The highest BCUT2D eigenvalue weighted by atomic mass is 14.5. The molecule has 0 aromatic heterocycles. The van der Waals surface area contributed by atoms with Gasteiger partial charge in [0.15, 0.2) is 0 Å². The summed E-state index contributed by atoms with van der Waals surface area (Å²) >= 11 is 0. The summed E-state index contributed by atoms with van der Waals surface area (Å²) in [7, 11) is 0. The summed E-state index contributed by atoms with van der Waals surface area (Å²) < 4.78 is 0. The topological polar surface area (TPSA) is 0 Å². The first-order valence-corrected chi connectivity index (χ1v) is 13.0. The van der Waals surface area contributed by atoms with Gasteiger partial charge < -0.3 is 0 Å². The van der Waals surface area contributed by atoms with Gasteiger partial charge in [0.1, 0.15) is 0 Å². The average Bonchev–Trinajstić information content (AvgIpc) is 3.51. The molecule has 1 unspecified atom stereocenters. The Kier molecular flexibility index (Phi) is 5.61. The van der Waals surface area contributed by atoms with Crippen molar-refractivity contribution in [2.75, 3.05) is 0 Å². The lowest BCUT2D eigenvalue weighted by Gasteiger charge is -2.26. The van der Waals surface area contributed by atoms with Crippen LogP contribution < -0.4 is 0 Å². The Labute approximate surface area is 204 Å². The van der Waals surface area contributed by atoms with Crippen molar-refractivity contribution >= 4 is 0 Å². The molecule has 1 saturated carbocycles. The zero-order valence-electron chi connectivity index (χ0n) is 20.3. The summed E-state index contributed by atoms with van der Waals surface area (Å²) in [6.45, 7) is 2.18. The average molecular weight is 443 g/mol. The first kappa shape index (κ1) is 21.4. The standard InChI is InChI=1S/C34H34/c1-25-10-17-30(18-11-25)34(22-23-34)21-20-26-12-14-27(15-13-26)24-29-16-19-32(28-6-3-2-4-7-28)33-9-5-8-31(29)33/h3,5-19,33H,2,4,20-24H2,1H3. The highest BCUT2D eigenvalue weighted by Gasteiger charge is 2.43. The molecule has 170 valence electrons. The molecule has 2 aromatic rings. The number of benzene rings is 2. The maximum absolute atomic E-state index is 2.40. The molecule has 0 N–H and O–H groups in total. The van der Waals surface area contributed by atoms with Crippen LogP contribution >= 0.6 is 0 Å². The van der Waals surface area contributed by atoms with Crippen molar-refractivity contribution in [1.29, 1.82) is 0 Å². The lowest BCUT2D eigenvalue weighted by Crippen LogP contribution is -2.12. The van der Waals surface area contributed by atoms with Crippen molar-refractivity contribution in [1.82, 2.24) is 0 Å². The smallest absolute Gasteiger partial charge is 0.0281 e. The monoisotopic (exact) mass is 442 g/mol. The molecule has 0 bridgehead atoms. The third kappa shape index (κ3) is 4.23. The predicted molar refractivity (Wildman–Crippen MR) is 144 cm³/mol. The van der Waals surface area contributed by atoms with Crippen LogP contribution in [0.5, 0.6) is 0 Å². The molecule has 0 radical (unpaired) electrons. The Bertz CT molecular complexity index is 1250. The van der Waals surface area contributed by atoms with Crippen molar-refractivity contribution in [2.45, 2.75) is 57.3 Å². The van der Waals surface area contributed by atoms with E-state index in [-0.39, 0.29) is 0 Å². The first-order valence-electron chi connectivity index (χ1n) is 13.0. The van der Waals surface area contributed by atoms with E-state index in [2.05, 4.69) is 104 Å². The first-order chi connectivity index (χ1) is 16.7. The summed E-state index contributed by atoms with van der Waals surface area (Å²) in [5.74, 6) is 0.421. The Morgan fingerprint density at radius 3 is 2.35 bits per heavy atom. The molecule has 34 heavy (non-hydrogen) atoms. The second-order valence-electron chi connectivity index (χ2n) is 10.6. The normalized spacial score (nSPS) is 22.0. The van der Waals surface area contributed by atoms with Gasteiger partial charge in [-0.05, 0) is 96.3 Å². The molecular weight excluding hydrogens is 408 g/mol. The highest BCUT2D eigenvalue weighted by Crippen LogP contribution is 2.51. The van der Waals surface area contributed by atoms with Crippen LogP contribution in [0.1, 0.15) is 54.4 Å². The van der Waals surface area contributed by atoms with Gasteiger partial charge in [0.05, 0.1) is 0 Å². The molecule has 0 nitrogen and oxygen atoms in total. The molecule has 2 aromatic carbocycles. The molecule has 6 rings (SSSR count). The maximum Gasteiger partial charge on any atom is 0.0281 e. The van der Waals surface area contributed by atoms with E-state index < -0.39 is 0 Å². The van der Waals surface area contributed by atoms with E-state index in [9.17, 15) is 0 Å². The van der Waals surface area contributed by atoms with E-state index in [0.717, 1.165) is 12.8 Å². The van der Waals surface area contributed by atoms with Crippen LogP contribution in [0.3, 0.4) is 0 Å². The van der Waals surface area contributed by atoms with E-state index in [1.807, 2.05) is 0 Å². The fourth-order valence-electron chi connectivity index (χ4n) is 5.88. The molecule has 0 heteroatoms. The minimum Gasteiger partial charge on any atom is -0.0836 e. The van der Waals surface area contributed by atoms with Crippen molar-refractivity contribution < 1.29 is 0 Å². The van der Waals surface area contributed by atoms with E-state index in [1.54, 1.807) is 5.56 Å². The highest BCUT2D eigenvalue weighted by molar-refractivity contribution is 5.60. The van der Waals surface area contributed by atoms with Gasteiger partial charge in [-0.2, -0.15) is 0 Å². The van der Waals surface area contributed by atoms with Crippen LogP contribution in [0, 0.1) is 12.8 Å². The van der Waals surface area contributed by atoms with Crippen LogP contribution in [-0.2, 0) is 18.3 Å². The zero-order chi connectivity index (χ0) is 23.0. The molecule has 1 atom stereocenters. The number of hydrogen-bond acceptors (Lipinski definition) is 0. The van der Waals surface area contributed by atoms with Gasteiger partial charge in [0, 0.05) is 5.92 Å². The molecular formula is C34H34. The maximum atomic E-state index is 2.40. The van der Waals surface area contributed by atoms with Crippen molar-refractivity contribution in [2.24, 2.45) is 5.92 Å². The van der Waals surface area contributed by atoms with Gasteiger partial charge in [-0.3, -0.25) is 0 Å². The van der Waals surface area contributed by atoms with Crippen LogP contribution in [0.15, 0.2) is 119 Å². The quantitative estimate of drug-likeness (QED) is 0.403. The third-order valence-corrected chi connectivity index (χ3v) is 8.24. The number of hydrogen-bond donors (Lipinski definition) is 0. The predicted octanol–water partition coefficient (Wildman–Crippen LogP) is 8.46. The Balaban J connectivity index is 1.12. The Morgan fingerprint density at radius 1 is 0.824 bits per heavy atom. The van der Waals surface area contributed by atoms with E-state index in [1.165, 1.54) is 71.1 Å². The van der Waals surface area contributed by atoms with Gasteiger partial charge in [-0.15, -0.1) is 0 Å². The molecule has 0 spiro atoms. The van der Waals surface area contributed by atoms with Crippen molar-refractivity contribution in [3.63, 3.8) is 0 Å². The lowest BCUT2D eigenvalue weighted by atomic mass is 9.78. The number of allylic oxidation sites excluding steroid dienone is 12. The van der Waals surface area contributed by atoms with E-state index >= 15 is 0 Å². The molecule has 4 aliphatic rings. The SMILES string of the molecule is Cc1ccc(C2(CCc3ccc(CC4=CC=C(C5=CCCC=C5)C5C=CC=C45)cc3)CC2)cc1. The lowest BCUT2D eigenvalue weighted by molar-refractivity contribution is 0.619. The van der Waals surface area contributed by atoms with Gasteiger partial charge in [-0.1, -0.05) is 103 Å². The van der Waals surface area contributed by atoms with Crippen molar-refractivity contribution in [3.05, 3.63) is 142 Å². The number of fused-ring (bicyclic) bond motifs is 1. The zero-order valence-corrected chi connectivity index (χ0v) is 20.3. The summed E-state index contributed by atoms with van der Waals surface area (Å²) in [6.07, 6.45) is 27.1. The molecule has 0 amide bonds. The van der Waals surface area contributed by atoms with Gasteiger partial charge in [-0.25, -0.2) is 0 Å². The number of rotatable bonds is 7. The summed E-state index contributed by atoms with van der Waals surface area (Å²) in [5, 5.41) is 0. The van der Waals surface area contributed by atoms with E-state index in [0.29, 0.717) is 11.3 Å². The third-order valence-electron chi connectivity index (χ3n) is 8.24. The summed E-state index contributed by atoms with van der Waals surface area (Å²) in [4.78, 5) is 0. The Morgan fingerprint density at radius 2 is 1.62 bits per heavy atom.